The molecule has 1 N–H and O–H groups in total. The number of hydrogen-bond donors (Lipinski definition) is 1. The molecule has 0 saturated carbocycles. The number of fused-ring (bicyclic) bond motifs is 1. The van der Waals surface area contributed by atoms with Crippen LogP contribution in [0.1, 0.15) is 12.5 Å². The Kier molecular flexibility index (Phi) is 1.46. The molecule has 1 nitrogen and oxygen atoms in total. The van der Waals surface area contributed by atoms with E-state index < -0.39 is 0 Å². The average Bonchev–Trinajstić information content (AvgIpc) is 2.29. The molecule has 0 aliphatic carbocycles. The largest absolute Gasteiger partial charge is 0.383 e. The van der Waals surface area contributed by atoms with Crippen molar-refractivity contribution >= 4 is 21.6 Å². The number of para-hydroxylation sites is 1. The van der Waals surface area contributed by atoms with E-state index in [4.69, 9.17) is 0 Å². The molecule has 0 bridgehead atoms. The van der Waals surface area contributed by atoms with Crippen molar-refractivity contribution in [1.82, 2.24) is 0 Å². The Morgan fingerprint density at radius 2 is 2.18 bits per heavy atom. The van der Waals surface area contributed by atoms with Crippen LogP contribution in [-0.2, 0) is 4.32 Å². The van der Waals surface area contributed by atoms with Gasteiger partial charge in [0.2, 0.25) is 0 Å². The number of anilines is 1. The Bertz CT molecular complexity index is 281. The van der Waals surface area contributed by atoms with Gasteiger partial charge in [-0.1, -0.05) is 34.1 Å². The Hall–Kier alpha value is -0.500. The van der Waals surface area contributed by atoms with Gasteiger partial charge in [-0.05, 0) is 18.6 Å². The zero-order chi connectivity index (χ0) is 7.90. The van der Waals surface area contributed by atoms with Gasteiger partial charge in [0, 0.05) is 12.2 Å². The lowest BCUT2D eigenvalue weighted by atomic mass is 10.0. The molecule has 1 heterocycles. The highest BCUT2D eigenvalue weighted by molar-refractivity contribution is 9.09. The van der Waals surface area contributed by atoms with Gasteiger partial charge in [-0.15, -0.1) is 0 Å². The van der Waals surface area contributed by atoms with Crippen LogP contribution >= 0.6 is 15.9 Å². The predicted molar refractivity (Wildman–Crippen MR) is 51.2 cm³/mol. The third-order valence-electron chi connectivity index (χ3n) is 2.10. The summed E-state index contributed by atoms with van der Waals surface area (Å²) in [6.07, 6.45) is 0. The van der Waals surface area contributed by atoms with Crippen molar-refractivity contribution in [1.29, 1.82) is 0 Å². The molecule has 11 heavy (non-hydrogen) atoms. The number of nitrogens with one attached hydrogen (secondary N) is 1. The first-order chi connectivity index (χ1) is 5.20. The van der Waals surface area contributed by atoms with Crippen molar-refractivity contribution in [3.8, 4) is 0 Å². The van der Waals surface area contributed by atoms with Gasteiger partial charge in [0.25, 0.3) is 0 Å². The van der Waals surface area contributed by atoms with Gasteiger partial charge in [0.15, 0.2) is 0 Å². The fourth-order valence-corrected chi connectivity index (χ4v) is 1.93. The molecule has 1 unspecified atom stereocenters. The highest BCUT2D eigenvalue weighted by atomic mass is 79.9. The van der Waals surface area contributed by atoms with Crippen molar-refractivity contribution in [2.45, 2.75) is 11.2 Å². The van der Waals surface area contributed by atoms with E-state index in [-0.39, 0.29) is 4.32 Å². The second kappa shape index (κ2) is 2.24. The van der Waals surface area contributed by atoms with E-state index in [1.165, 1.54) is 11.3 Å². The van der Waals surface area contributed by atoms with E-state index in [1.54, 1.807) is 0 Å². The highest BCUT2D eigenvalue weighted by Crippen LogP contribution is 2.40. The maximum Gasteiger partial charge on any atom is 0.0669 e. The fraction of sp³-hybridized carbons (Fsp3) is 0.333. The first-order valence-electron chi connectivity index (χ1n) is 3.72. The fourth-order valence-electron chi connectivity index (χ4n) is 1.45. The Balaban J connectivity index is 2.56. The first kappa shape index (κ1) is 7.17. The maximum atomic E-state index is 3.68. The quantitative estimate of drug-likeness (QED) is 0.652. The monoisotopic (exact) mass is 211 g/mol. The topological polar surface area (TPSA) is 12.0 Å². The standard InChI is InChI=1S/C9H10BrN/c1-9(10)6-11-8-5-3-2-4-7(8)9/h2-5,11H,6H2,1H3. The van der Waals surface area contributed by atoms with Crippen molar-refractivity contribution in [3.63, 3.8) is 0 Å². The lowest BCUT2D eigenvalue weighted by Crippen LogP contribution is -2.14. The molecule has 0 aromatic heterocycles. The molecule has 0 fully saturated rings. The summed E-state index contributed by atoms with van der Waals surface area (Å²) in [6, 6.07) is 8.40. The van der Waals surface area contributed by atoms with Crippen LogP contribution in [0.25, 0.3) is 0 Å². The summed E-state index contributed by atoms with van der Waals surface area (Å²) in [6.45, 7) is 3.16. The molecule has 1 aromatic rings. The van der Waals surface area contributed by atoms with Gasteiger partial charge >= 0.3 is 0 Å². The summed E-state index contributed by atoms with van der Waals surface area (Å²) in [5.74, 6) is 0. The lowest BCUT2D eigenvalue weighted by molar-refractivity contribution is 0.793. The molecule has 2 heteroatoms. The SMILES string of the molecule is CC1(Br)CNc2ccccc21. The van der Waals surface area contributed by atoms with Crippen molar-refractivity contribution in [2.24, 2.45) is 0 Å². The summed E-state index contributed by atoms with van der Waals surface area (Å²) < 4.78 is 0.129. The van der Waals surface area contributed by atoms with E-state index in [0.29, 0.717) is 0 Å². The number of halogens is 1. The lowest BCUT2D eigenvalue weighted by Gasteiger charge is -2.13. The molecular weight excluding hydrogens is 202 g/mol. The Morgan fingerprint density at radius 1 is 1.45 bits per heavy atom. The smallest absolute Gasteiger partial charge is 0.0669 e. The molecule has 0 amide bonds. The van der Waals surface area contributed by atoms with Gasteiger partial charge < -0.3 is 5.32 Å². The first-order valence-corrected chi connectivity index (χ1v) is 4.52. The number of alkyl halides is 1. The van der Waals surface area contributed by atoms with Crippen LogP contribution in [0.3, 0.4) is 0 Å². The van der Waals surface area contributed by atoms with Crippen LogP contribution in [0.2, 0.25) is 0 Å². The second-order valence-electron chi connectivity index (χ2n) is 3.10. The number of hydrogen-bond acceptors (Lipinski definition) is 1. The van der Waals surface area contributed by atoms with Crippen LogP contribution in [0.4, 0.5) is 5.69 Å². The van der Waals surface area contributed by atoms with Crippen LogP contribution in [0, 0.1) is 0 Å². The molecule has 1 aromatic carbocycles. The predicted octanol–water partition coefficient (Wildman–Crippen LogP) is 2.72. The van der Waals surface area contributed by atoms with E-state index in [1.807, 2.05) is 0 Å². The van der Waals surface area contributed by atoms with Gasteiger partial charge in [-0.2, -0.15) is 0 Å². The molecule has 1 atom stereocenters. The zero-order valence-electron chi connectivity index (χ0n) is 6.39. The Morgan fingerprint density at radius 3 is 2.91 bits per heavy atom. The van der Waals surface area contributed by atoms with Gasteiger partial charge in [-0.25, -0.2) is 0 Å². The Labute approximate surface area is 74.9 Å². The van der Waals surface area contributed by atoms with E-state index in [9.17, 15) is 0 Å². The van der Waals surface area contributed by atoms with E-state index in [0.717, 1.165) is 6.54 Å². The minimum absolute atomic E-state index is 0.129. The maximum absolute atomic E-state index is 3.68. The van der Waals surface area contributed by atoms with Crippen LogP contribution in [0.15, 0.2) is 24.3 Å². The van der Waals surface area contributed by atoms with Crippen molar-refractivity contribution in [2.75, 3.05) is 11.9 Å². The molecule has 0 saturated heterocycles. The third-order valence-corrected chi connectivity index (χ3v) is 2.81. The van der Waals surface area contributed by atoms with E-state index >= 15 is 0 Å². The van der Waals surface area contributed by atoms with Crippen LogP contribution < -0.4 is 5.32 Å². The summed E-state index contributed by atoms with van der Waals surface area (Å²) in [5.41, 5.74) is 2.62. The molecule has 58 valence electrons. The van der Waals surface area contributed by atoms with Crippen LogP contribution in [-0.4, -0.2) is 6.54 Å². The van der Waals surface area contributed by atoms with Crippen molar-refractivity contribution < 1.29 is 0 Å². The van der Waals surface area contributed by atoms with Gasteiger partial charge in [0.05, 0.1) is 4.32 Å². The summed E-state index contributed by atoms with van der Waals surface area (Å²) in [7, 11) is 0. The molecule has 0 spiro atoms. The molecular formula is C9H10BrN. The minimum Gasteiger partial charge on any atom is -0.383 e. The molecule has 1 aliphatic heterocycles. The zero-order valence-corrected chi connectivity index (χ0v) is 7.98. The van der Waals surface area contributed by atoms with Crippen LogP contribution in [0.5, 0.6) is 0 Å². The van der Waals surface area contributed by atoms with E-state index in [2.05, 4.69) is 52.4 Å². The number of benzene rings is 1. The molecule has 1 aliphatic rings. The van der Waals surface area contributed by atoms with Gasteiger partial charge in [0.1, 0.15) is 0 Å². The third kappa shape index (κ3) is 1.06. The molecule has 0 radical (unpaired) electrons. The summed E-state index contributed by atoms with van der Waals surface area (Å²) in [4.78, 5) is 0. The average molecular weight is 212 g/mol. The summed E-state index contributed by atoms with van der Waals surface area (Å²) >= 11 is 3.68. The number of rotatable bonds is 0. The molecule has 2 rings (SSSR count). The minimum atomic E-state index is 0.129. The van der Waals surface area contributed by atoms with Gasteiger partial charge in [-0.3, -0.25) is 0 Å². The second-order valence-corrected chi connectivity index (χ2v) is 4.85. The highest BCUT2D eigenvalue weighted by Gasteiger charge is 2.30. The summed E-state index contributed by atoms with van der Waals surface area (Å²) in [5, 5.41) is 3.34. The normalized spacial score (nSPS) is 27.8. The van der Waals surface area contributed by atoms with Crippen molar-refractivity contribution in [3.05, 3.63) is 29.8 Å².